The average Bonchev–Trinajstić information content (AvgIpc) is 3.26. The van der Waals surface area contributed by atoms with Gasteiger partial charge in [-0.3, -0.25) is 4.79 Å². The van der Waals surface area contributed by atoms with Crippen molar-refractivity contribution in [3.8, 4) is 11.3 Å². The number of hydrogen-bond donors (Lipinski definition) is 2. The fourth-order valence-corrected chi connectivity index (χ4v) is 4.26. The van der Waals surface area contributed by atoms with E-state index in [0.717, 1.165) is 37.6 Å². The van der Waals surface area contributed by atoms with Gasteiger partial charge in [0.1, 0.15) is 12.4 Å². The van der Waals surface area contributed by atoms with Crippen molar-refractivity contribution in [2.45, 2.75) is 23.3 Å². The van der Waals surface area contributed by atoms with Crippen LogP contribution in [0.15, 0.2) is 70.6 Å². The Hall–Kier alpha value is -2.99. The van der Waals surface area contributed by atoms with Crippen LogP contribution in [0.4, 0.5) is 4.39 Å². The molecule has 0 bridgehead atoms. The van der Waals surface area contributed by atoms with Crippen LogP contribution < -0.4 is 0 Å². The maximum atomic E-state index is 13.8. The number of halogens is 1. The SMILES string of the molecule is Cc1c(Sc2ccc(-c3ccc[nH]3)cc2)c2cc(F)ccc2n1CC(=O)O. The molecular weight excluding hydrogens is 363 g/mol. The van der Waals surface area contributed by atoms with Crippen molar-refractivity contribution >= 4 is 28.6 Å². The lowest BCUT2D eigenvalue weighted by Gasteiger charge is -2.06. The number of aliphatic carboxylic acids is 1. The highest BCUT2D eigenvalue weighted by Crippen LogP contribution is 2.39. The van der Waals surface area contributed by atoms with Crippen LogP contribution in [0.3, 0.4) is 0 Å². The van der Waals surface area contributed by atoms with E-state index in [1.54, 1.807) is 10.6 Å². The first-order valence-electron chi connectivity index (χ1n) is 8.45. The molecule has 0 unspecified atom stereocenters. The second kappa shape index (κ2) is 6.96. The molecular formula is C21H17FN2O2S. The number of carbonyl (C=O) groups is 1. The van der Waals surface area contributed by atoms with Crippen LogP contribution in [0, 0.1) is 12.7 Å². The molecule has 0 fully saturated rings. The highest BCUT2D eigenvalue weighted by molar-refractivity contribution is 7.99. The summed E-state index contributed by atoms with van der Waals surface area (Å²) < 4.78 is 15.5. The zero-order valence-electron chi connectivity index (χ0n) is 14.6. The fraction of sp³-hybridized carbons (Fsp3) is 0.0952. The van der Waals surface area contributed by atoms with E-state index >= 15 is 0 Å². The Labute approximate surface area is 159 Å². The van der Waals surface area contributed by atoms with Crippen LogP contribution in [-0.2, 0) is 11.3 Å². The summed E-state index contributed by atoms with van der Waals surface area (Å²) in [6.45, 7) is 1.72. The first-order valence-corrected chi connectivity index (χ1v) is 9.26. The topological polar surface area (TPSA) is 58.0 Å². The molecule has 2 N–H and O–H groups in total. The summed E-state index contributed by atoms with van der Waals surface area (Å²) in [5, 5.41) is 9.95. The van der Waals surface area contributed by atoms with E-state index in [-0.39, 0.29) is 12.4 Å². The van der Waals surface area contributed by atoms with Gasteiger partial charge in [-0.1, -0.05) is 23.9 Å². The number of carboxylic acid groups (broad SMARTS) is 1. The Morgan fingerprint density at radius 3 is 2.63 bits per heavy atom. The van der Waals surface area contributed by atoms with Crippen molar-refractivity contribution in [3.63, 3.8) is 0 Å². The largest absolute Gasteiger partial charge is 0.480 e. The molecule has 2 aromatic heterocycles. The molecule has 4 rings (SSSR count). The lowest BCUT2D eigenvalue weighted by Crippen LogP contribution is -2.09. The quantitative estimate of drug-likeness (QED) is 0.493. The Balaban J connectivity index is 1.74. The third kappa shape index (κ3) is 3.36. The highest BCUT2D eigenvalue weighted by Gasteiger charge is 2.17. The van der Waals surface area contributed by atoms with E-state index in [9.17, 15) is 14.3 Å². The van der Waals surface area contributed by atoms with E-state index < -0.39 is 5.97 Å². The number of aromatic amines is 1. The maximum Gasteiger partial charge on any atom is 0.323 e. The van der Waals surface area contributed by atoms with Crippen molar-refractivity contribution < 1.29 is 14.3 Å². The van der Waals surface area contributed by atoms with Gasteiger partial charge in [-0.05, 0) is 55.0 Å². The molecule has 4 aromatic rings. The van der Waals surface area contributed by atoms with Gasteiger partial charge in [-0.2, -0.15) is 0 Å². The molecule has 27 heavy (non-hydrogen) atoms. The molecule has 0 spiro atoms. The van der Waals surface area contributed by atoms with Crippen molar-refractivity contribution in [2.75, 3.05) is 0 Å². The van der Waals surface area contributed by atoms with Gasteiger partial charge in [0.25, 0.3) is 0 Å². The molecule has 4 nitrogen and oxygen atoms in total. The van der Waals surface area contributed by atoms with E-state index in [0.29, 0.717) is 0 Å². The molecule has 2 aromatic carbocycles. The summed E-state index contributed by atoms with van der Waals surface area (Å²) in [6, 6.07) is 16.5. The van der Waals surface area contributed by atoms with Crippen LogP contribution in [0.5, 0.6) is 0 Å². The first-order chi connectivity index (χ1) is 13.0. The second-order valence-electron chi connectivity index (χ2n) is 6.27. The molecule has 0 radical (unpaired) electrons. The predicted octanol–water partition coefficient (Wildman–Crippen LogP) is 5.32. The van der Waals surface area contributed by atoms with Gasteiger partial charge in [0, 0.05) is 32.8 Å². The van der Waals surface area contributed by atoms with Gasteiger partial charge < -0.3 is 14.7 Å². The van der Waals surface area contributed by atoms with Gasteiger partial charge in [0.2, 0.25) is 0 Å². The fourth-order valence-electron chi connectivity index (χ4n) is 3.22. The van der Waals surface area contributed by atoms with Crippen molar-refractivity contribution in [2.24, 2.45) is 0 Å². The Morgan fingerprint density at radius 2 is 1.96 bits per heavy atom. The Bertz CT molecular complexity index is 1120. The third-order valence-electron chi connectivity index (χ3n) is 4.50. The van der Waals surface area contributed by atoms with Gasteiger partial charge in [0.05, 0.1) is 5.52 Å². The highest BCUT2D eigenvalue weighted by atomic mass is 32.2. The minimum absolute atomic E-state index is 0.152. The van der Waals surface area contributed by atoms with Gasteiger partial charge in [-0.15, -0.1) is 0 Å². The molecule has 0 aliphatic carbocycles. The molecule has 6 heteroatoms. The van der Waals surface area contributed by atoms with Crippen LogP contribution in [0.2, 0.25) is 0 Å². The standard InChI is InChI=1S/C21H17FN2O2S/c1-13-21(17-11-15(22)6-9-19(17)24(13)12-20(25)26)27-16-7-4-14(5-8-16)18-3-2-10-23-18/h2-11,23H,12H2,1H3,(H,25,26). The number of nitrogens with one attached hydrogen (secondary N) is 1. The van der Waals surface area contributed by atoms with Crippen LogP contribution >= 0.6 is 11.8 Å². The maximum absolute atomic E-state index is 13.8. The molecule has 0 saturated heterocycles. The first kappa shape index (κ1) is 17.4. The summed E-state index contributed by atoms with van der Waals surface area (Å²) in [4.78, 5) is 16.3. The summed E-state index contributed by atoms with van der Waals surface area (Å²) in [6.07, 6.45) is 1.88. The van der Waals surface area contributed by atoms with Crippen LogP contribution in [0.25, 0.3) is 22.2 Å². The van der Waals surface area contributed by atoms with Crippen LogP contribution in [-0.4, -0.2) is 20.6 Å². The number of carboxylic acids is 1. The van der Waals surface area contributed by atoms with Crippen molar-refractivity contribution in [1.82, 2.24) is 9.55 Å². The van der Waals surface area contributed by atoms with Crippen molar-refractivity contribution in [3.05, 3.63) is 72.3 Å². The summed E-state index contributed by atoms with van der Waals surface area (Å²) >= 11 is 1.52. The van der Waals surface area contributed by atoms with E-state index in [1.807, 2.05) is 49.5 Å². The lowest BCUT2D eigenvalue weighted by atomic mass is 10.2. The van der Waals surface area contributed by atoms with E-state index in [1.165, 1.54) is 23.9 Å². The predicted molar refractivity (Wildman–Crippen MR) is 105 cm³/mol. The zero-order valence-corrected chi connectivity index (χ0v) is 15.4. The summed E-state index contributed by atoms with van der Waals surface area (Å²) in [7, 11) is 0. The number of rotatable bonds is 5. The van der Waals surface area contributed by atoms with Gasteiger partial charge in [-0.25, -0.2) is 4.39 Å². The smallest absolute Gasteiger partial charge is 0.323 e. The van der Waals surface area contributed by atoms with E-state index in [2.05, 4.69) is 4.98 Å². The molecule has 0 saturated carbocycles. The van der Waals surface area contributed by atoms with Crippen molar-refractivity contribution in [1.29, 1.82) is 0 Å². The number of nitrogens with zero attached hydrogens (tertiary/aromatic N) is 1. The zero-order chi connectivity index (χ0) is 19.0. The second-order valence-corrected chi connectivity index (χ2v) is 7.35. The molecule has 0 atom stereocenters. The molecule has 136 valence electrons. The number of fused-ring (bicyclic) bond motifs is 1. The molecule has 0 aliphatic rings. The lowest BCUT2D eigenvalue weighted by molar-refractivity contribution is -0.137. The molecule has 0 aliphatic heterocycles. The minimum Gasteiger partial charge on any atom is -0.480 e. The van der Waals surface area contributed by atoms with Gasteiger partial charge in [0.15, 0.2) is 0 Å². The minimum atomic E-state index is -0.925. The molecule has 0 amide bonds. The number of benzene rings is 2. The third-order valence-corrected chi connectivity index (χ3v) is 5.73. The number of aromatic nitrogens is 2. The Kier molecular flexibility index (Phi) is 4.49. The average molecular weight is 380 g/mol. The number of H-pyrrole nitrogens is 1. The Morgan fingerprint density at radius 1 is 1.19 bits per heavy atom. The molecule has 2 heterocycles. The monoisotopic (exact) mass is 380 g/mol. The summed E-state index contributed by atoms with van der Waals surface area (Å²) in [5.41, 5.74) is 3.67. The van der Waals surface area contributed by atoms with Gasteiger partial charge >= 0.3 is 5.97 Å². The number of hydrogen-bond acceptors (Lipinski definition) is 2. The van der Waals surface area contributed by atoms with E-state index in [4.69, 9.17) is 0 Å². The summed E-state index contributed by atoms with van der Waals surface area (Å²) in [5.74, 6) is -1.26. The normalized spacial score (nSPS) is 11.2. The van der Waals surface area contributed by atoms with Crippen LogP contribution in [0.1, 0.15) is 5.69 Å².